The van der Waals surface area contributed by atoms with Crippen LogP contribution in [0.5, 0.6) is 11.5 Å². The van der Waals surface area contributed by atoms with E-state index in [0.29, 0.717) is 19.0 Å². The molecule has 1 aromatic carbocycles. The van der Waals surface area contributed by atoms with Crippen molar-refractivity contribution in [3.8, 4) is 11.5 Å². The van der Waals surface area contributed by atoms with Crippen molar-refractivity contribution in [3.05, 3.63) is 35.4 Å². The van der Waals surface area contributed by atoms with Crippen molar-refractivity contribution in [2.45, 2.75) is 39.5 Å². The molecule has 0 fully saturated rings. The summed E-state index contributed by atoms with van der Waals surface area (Å²) in [6.45, 7) is 5.91. The first kappa shape index (κ1) is 21.3. The van der Waals surface area contributed by atoms with E-state index in [1.54, 1.807) is 11.8 Å². The second-order valence-corrected chi connectivity index (χ2v) is 6.25. The van der Waals surface area contributed by atoms with Crippen molar-refractivity contribution in [1.82, 2.24) is 25.4 Å². The summed E-state index contributed by atoms with van der Waals surface area (Å²) in [6.07, 6.45) is 2.66. The van der Waals surface area contributed by atoms with E-state index in [9.17, 15) is 0 Å². The van der Waals surface area contributed by atoms with Crippen LogP contribution in [-0.2, 0) is 26.6 Å². The molecule has 0 aliphatic carbocycles. The number of benzene rings is 1. The van der Waals surface area contributed by atoms with Crippen LogP contribution in [0.15, 0.2) is 23.5 Å². The lowest BCUT2D eigenvalue weighted by atomic mass is 10.1. The predicted octanol–water partition coefficient (Wildman–Crippen LogP) is 2.02. The van der Waals surface area contributed by atoms with E-state index in [1.807, 2.05) is 20.0 Å². The van der Waals surface area contributed by atoms with Crippen molar-refractivity contribution < 1.29 is 9.47 Å². The van der Waals surface area contributed by atoms with Crippen molar-refractivity contribution in [2.24, 2.45) is 12.0 Å². The molecule has 8 nitrogen and oxygen atoms in total. The van der Waals surface area contributed by atoms with Gasteiger partial charge < -0.3 is 20.1 Å². The number of nitrogens with zero attached hydrogens (tertiary/aromatic N) is 4. The zero-order valence-electron chi connectivity index (χ0n) is 16.2. The van der Waals surface area contributed by atoms with E-state index in [1.165, 1.54) is 11.9 Å². The maximum atomic E-state index is 5.86. The molecule has 0 spiro atoms. The monoisotopic (exact) mass is 486 g/mol. The Morgan fingerprint density at radius 1 is 1.41 bits per heavy atom. The Hall–Kier alpha value is -2.04. The summed E-state index contributed by atoms with van der Waals surface area (Å²) in [5, 5.41) is 10.6. The van der Waals surface area contributed by atoms with Crippen molar-refractivity contribution in [2.75, 3.05) is 13.7 Å². The van der Waals surface area contributed by atoms with Gasteiger partial charge in [-0.2, -0.15) is 5.10 Å². The average molecular weight is 486 g/mol. The van der Waals surface area contributed by atoms with Crippen molar-refractivity contribution >= 4 is 29.9 Å². The maximum Gasteiger partial charge on any atom is 0.191 e. The topological polar surface area (TPSA) is 85.6 Å². The van der Waals surface area contributed by atoms with Crippen LogP contribution in [0.3, 0.4) is 0 Å². The summed E-state index contributed by atoms with van der Waals surface area (Å²) in [7, 11) is 3.55. The summed E-state index contributed by atoms with van der Waals surface area (Å²) < 4.78 is 13.1. The lowest BCUT2D eigenvalue weighted by molar-refractivity contribution is 0.254. The summed E-state index contributed by atoms with van der Waals surface area (Å²) in [5.41, 5.74) is 2.19. The molecule has 1 aliphatic rings. The smallest absolute Gasteiger partial charge is 0.191 e. The molecule has 27 heavy (non-hydrogen) atoms. The Labute approximate surface area is 176 Å². The van der Waals surface area contributed by atoms with Gasteiger partial charge in [0.05, 0.1) is 20.2 Å². The molecule has 0 bridgehead atoms. The molecule has 1 aromatic heterocycles. The van der Waals surface area contributed by atoms with Crippen LogP contribution in [0, 0.1) is 0 Å². The Kier molecular flexibility index (Phi) is 7.69. The minimum Gasteiger partial charge on any atom is -0.496 e. The second kappa shape index (κ2) is 9.77. The summed E-state index contributed by atoms with van der Waals surface area (Å²) in [6, 6.07) is 4.09. The van der Waals surface area contributed by atoms with E-state index in [-0.39, 0.29) is 30.1 Å². The van der Waals surface area contributed by atoms with Gasteiger partial charge in [-0.15, -0.1) is 24.0 Å². The number of aryl methyl sites for hydroxylation is 1. The molecule has 2 aromatic rings. The molecule has 9 heteroatoms. The van der Waals surface area contributed by atoms with Gasteiger partial charge in [-0.25, -0.2) is 9.98 Å². The van der Waals surface area contributed by atoms with Crippen LogP contribution in [0.2, 0.25) is 0 Å². The van der Waals surface area contributed by atoms with Crippen LogP contribution in [0.1, 0.15) is 30.8 Å². The third-order valence-electron chi connectivity index (χ3n) is 4.27. The third kappa shape index (κ3) is 5.24. The van der Waals surface area contributed by atoms with Gasteiger partial charge in [-0.3, -0.25) is 4.68 Å². The zero-order chi connectivity index (χ0) is 18.5. The standard InChI is InChI=1S/C18H26N6O2.HI/c1-5-19-18(21-10-17-22-11-23-24(17)3)20-9-14-8-16-13(6-12(2)26-16)7-15(14)25-4;/h7-8,11-12H,5-6,9-10H2,1-4H3,(H2,19,20,21);1H. The van der Waals surface area contributed by atoms with E-state index in [0.717, 1.165) is 35.9 Å². The fourth-order valence-electron chi connectivity index (χ4n) is 2.94. The number of hydrogen-bond donors (Lipinski definition) is 2. The second-order valence-electron chi connectivity index (χ2n) is 6.25. The van der Waals surface area contributed by atoms with Crippen LogP contribution < -0.4 is 20.1 Å². The van der Waals surface area contributed by atoms with Gasteiger partial charge in [0.1, 0.15) is 29.8 Å². The first-order valence-corrected chi connectivity index (χ1v) is 8.82. The lowest BCUT2D eigenvalue weighted by Crippen LogP contribution is -2.37. The van der Waals surface area contributed by atoms with E-state index < -0.39 is 0 Å². The highest BCUT2D eigenvalue weighted by Crippen LogP contribution is 2.35. The van der Waals surface area contributed by atoms with Crippen LogP contribution in [0.25, 0.3) is 0 Å². The highest BCUT2D eigenvalue weighted by atomic mass is 127. The van der Waals surface area contributed by atoms with Crippen LogP contribution in [0.4, 0.5) is 0 Å². The maximum absolute atomic E-state index is 5.86. The molecule has 2 N–H and O–H groups in total. The number of aliphatic imine (C=N–C) groups is 1. The molecule has 0 radical (unpaired) electrons. The van der Waals surface area contributed by atoms with Crippen LogP contribution in [-0.4, -0.2) is 40.5 Å². The summed E-state index contributed by atoms with van der Waals surface area (Å²) in [5.74, 6) is 3.33. The summed E-state index contributed by atoms with van der Waals surface area (Å²) >= 11 is 0. The molecule has 3 rings (SSSR count). The number of methoxy groups -OCH3 is 1. The highest BCUT2D eigenvalue weighted by Gasteiger charge is 2.21. The number of nitrogens with one attached hydrogen (secondary N) is 2. The summed E-state index contributed by atoms with van der Waals surface area (Å²) in [4.78, 5) is 8.88. The number of rotatable bonds is 6. The Morgan fingerprint density at radius 2 is 2.22 bits per heavy atom. The molecule has 148 valence electrons. The molecule has 0 saturated carbocycles. The first-order valence-electron chi connectivity index (χ1n) is 8.82. The van der Waals surface area contributed by atoms with Crippen molar-refractivity contribution in [3.63, 3.8) is 0 Å². The number of halogens is 1. The molecule has 0 saturated heterocycles. The van der Waals surface area contributed by atoms with Crippen molar-refractivity contribution in [1.29, 1.82) is 0 Å². The number of fused-ring (bicyclic) bond motifs is 1. The highest BCUT2D eigenvalue weighted by molar-refractivity contribution is 14.0. The third-order valence-corrected chi connectivity index (χ3v) is 4.27. The minimum absolute atomic E-state index is 0. The van der Waals surface area contributed by atoms with E-state index >= 15 is 0 Å². The number of guanidine groups is 1. The molecule has 2 heterocycles. The van der Waals surface area contributed by atoms with Gasteiger partial charge in [0.25, 0.3) is 0 Å². The largest absolute Gasteiger partial charge is 0.496 e. The van der Waals surface area contributed by atoms with E-state index in [4.69, 9.17) is 9.47 Å². The SMILES string of the molecule is CCNC(=NCc1cc2c(cc1OC)CC(C)O2)NCc1ncnn1C.I. The fraction of sp³-hybridized carbons (Fsp3) is 0.500. The number of hydrogen-bond acceptors (Lipinski definition) is 5. The Bertz CT molecular complexity index is 792. The van der Waals surface area contributed by atoms with E-state index in [2.05, 4.69) is 38.7 Å². The van der Waals surface area contributed by atoms with Crippen LogP contribution >= 0.6 is 24.0 Å². The lowest BCUT2D eigenvalue weighted by Gasteiger charge is -2.13. The molecule has 1 aliphatic heterocycles. The Morgan fingerprint density at radius 3 is 2.89 bits per heavy atom. The average Bonchev–Trinajstić information content (AvgIpc) is 3.20. The van der Waals surface area contributed by atoms with Gasteiger partial charge in [0.2, 0.25) is 0 Å². The number of aromatic nitrogens is 3. The van der Waals surface area contributed by atoms with Gasteiger partial charge in [-0.05, 0) is 26.0 Å². The first-order chi connectivity index (χ1) is 12.6. The van der Waals surface area contributed by atoms with Gasteiger partial charge in [-0.1, -0.05) is 0 Å². The predicted molar refractivity (Wildman–Crippen MR) is 115 cm³/mol. The van der Waals surface area contributed by atoms with Gasteiger partial charge in [0.15, 0.2) is 5.96 Å². The molecular weight excluding hydrogens is 459 g/mol. The zero-order valence-corrected chi connectivity index (χ0v) is 18.5. The molecule has 0 amide bonds. The minimum atomic E-state index is 0. The molecule has 1 unspecified atom stereocenters. The Balaban J connectivity index is 0.00000261. The quantitative estimate of drug-likeness (QED) is 0.369. The number of ether oxygens (including phenoxy) is 2. The van der Waals surface area contributed by atoms with Gasteiger partial charge in [0, 0.05) is 31.1 Å². The molecule has 1 atom stereocenters. The fourth-order valence-corrected chi connectivity index (χ4v) is 2.94. The van der Waals surface area contributed by atoms with Gasteiger partial charge >= 0.3 is 0 Å². The molecular formula is C18H27IN6O2. The normalized spacial score (nSPS) is 15.6.